The summed E-state index contributed by atoms with van der Waals surface area (Å²) in [7, 11) is 2.05. The Balaban J connectivity index is 0.00000264. The van der Waals surface area contributed by atoms with Crippen molar-refractivity contribution in [3.05, 3.63) is 29.6 Å². The second kappa shape index (κ2) is 10.8. The van der Waals surface area contributed by atoms with Crippen LogP contribution in [0, 0.1) is 12.8 Å². The summed E-state index contributed by atoms with van der Waals surface area (Å²) in [5, 5.41) is 3.32. The standard InChI is InChI=1S/C17H28N4O.HI/c1-4-18-17(19-12-16-7-5-6-14(2)20-16)21(3)10-11-22-13-15-8-9-15;/h5-7,15H,4,8-13H2,1-3H3,(H,18,19);1H. The summed E-state index contributed by atoms with van der Waals surface area (Å²) < 4.78 is 5.70. The van der Waals surface area contributed by atoms with E-state index in [-0.39, 0.29) is 24.0 Å². The number of nitrogens with one attached hydrogen (secondary N) is 1. The van der Waals surface area contributed by atoms with Gasteiger partial charge in [-0.2, -0.15) is 0 Å². The molecule has 0 saturated heterocycles. The first kappa shape index (κ1) is 20.2. The number of aryl methyl sites for hydroxylation is 1. The molecule has 0 atom stereocenters. The zero-order valence-corrected chi connectivity index (χ0v) is 16.7. The van der Waals surface area contributed by atoms with Crippen molar-refractivity contribution in [2.24, 2.45) is 10.9 Å². The van der Waals surface area contributed by atoms with E-state index in [9.17, 15) is 0 Å². The van der Waals surface area contributed by atoms with Crippen LogP contribution >= 0.6 is 24.0 Å². The summed E-state index contributed by atoms with van der Waals surface area (Å²) in [6.07, 6.45) is 2.67. The minimum Gasteiger partial charge on any atom is -0.379 e. The van der Waals surface area contributed by atoms with E-state index >= 15 is 0 Å². The van der Waals surface area contributed by atoms with E-state index in [2.05, 4.69) is 27.1 Å². The molecule has 1 N–H and O–H groups in total. The molecule has 23 heavy (non-hydrogen) atoms. The number of hydrogen-bond donors (Lipinski definition) is 1. The number of aliphatic imine (C=N–C) groups is 1. The molecule has 1 aromatic rings. The van der Waals surface area contributed by atoms with Crippen LogP contribution in [0.4, 0.5) is 0 Å². The lowest BCUT2D eigenvalue weighted by molar-refractivity contribution is 0.115. The molecule has 1 saturated carbocycles. The molecule has 6 heteroatoms. The Labute approximate surface area is 156 Å². The van der Waals surface area contributed by atoms with E-state index in [1.54, 1.807) is 0 Å². The van der Waals surface area contributed by atoms with Crippen LogP contribution in [0.3, 0.4) is 0 Å². The number of rotatable bonds is 8. The van der Waals surface area contributed by atoms with E-state index in [0.29, 0.717) is 6.54 Å². The Hall–Kier alpha value is -0.890. The summed E-state index contributed by atoms with van der Waals surface area (Å²) >= 11 is 0. The topological polar surface area (TPSA) is 49.8 Å². The largest absolute Gasteiger partial charge is 0.379 e. The molecular formula is C17H29IN4O. The molecule has 1 fully saturated rings. The smallest absolute Gasteiger partial charge is 0.194 e. The highest BCUT2D eigenvalue weighted by atomic mass is 127. The minimum absolute atomic E-state index is 0. The summed E-state index contributed by atoms with van der Waals surface area (Å²) in [5.41, 5.74) is 2.02. The Morgan fingerprint density at radius 2 is 2.22 bits per heavy atom. The number of nitrogens with zero attached hydrogens (tertiary/aromatic N) is 3. The lowest BCUT2D eigenvalue weighted by Crippen LogP contribution is -2.40. The molecule has 0 aliphatic heterocycles. The Morgan fingerprint density at radius 1 is 1.43 bits per heavy atom. The lowest BCUT2D eigenvalue weighted by Gasteiger charge is -2.22. The van der Waals surface area contributed by atoms with E-state index in [1.165, 1.54) is 12.8 Å². The molecule has 5 nitrogen and oxygen atoms in total. The van der Waals surface area contributed by atoms with Crippen LogP contribution in [0.5, 0.6) is 0 Å². The van der Waals surface area contributed by atoms with Crippen molar-refractivity contribution in [1.29, 1.82) is 0 Å². The molecule has 0 amide bonds. The average Bonchev–Trinajstić information content (AvgIpc) is 3.32. The second-order valence-electron chi connectivity index (χ2n) is 5.88. The maximum atomic E-state index is 5.70. The number of aromatic nitrogens is 1. The Morgan fingerprint density at radius 3 is 2.87 bits per heavy atom. The number of guanidine groups is 1. The fourth-order valence-electron chi connectivity index (χ4n) is 2.16. The highest BCUT2D eigenvalue weighted by Gasteiger charge is 2.21. The third-order valence-corrected chi connectivity index (χ3v) is 3.65. The van der Waals surface area contributed by atoms with E-state index in [0.717, 1.165) is 49.6 Å². The zero-order chi connectivity index (χ0) is 15.8. The molecule has 1 heterocycles. The van der Waals surface area contributed by atoms with Gasteiger partial charge in [-0.05, 0) is 44.7 Å². The fraction of sp³-hybridized carbons (Fsp3) is 0.647. The van der Waals surface area contributed by atoms with Crippen molar-refractivity contribution >= 4 is 29.9 Å². The second-order valence-corrected chi connectivity index (χ2v) is 5.88. The van der Waals surface area contributed by atoms with Crippen molar-refractivity contribution in [2.45, 2.75) is 33.2 Å². The first-order chi connectivity index (χ1) is 10.7. The third-order valence-electron chi connectivity index (χ3n) is 3.65. The molecule has 0 unspecified atom stereocenters. The van der Waals surface area contributed by atoms with Crippen molar-refractivity contribution in [3.63, 3.8) is 0 Å². The molecule has 0 spiro atoms. The van der Waals surface area contributed by atoms with Gasteiger partial charge >= 0.3 is 0 Å². The van der Waals surface area contributed by atoms with Gasteiger partial charge in [0.05, 0.1) is 18.8 Å². The van der Waals surface area contributed by atoms with Gasteiger partial charge in [0, 0.05) is 32.4 Å². The maximum absolute atomic E-state index is 5.70. The van der Waals surface area contributed by atoms with Gasteiger partial charge in [0.25, 0.3) is 0 Å². The van der Waals surface area contributed by atoms with Crippen molar-refractivity contribution < 1.29 is 4.74 Å². The third kappa shape index (κ3) is 7.97. The van der Waals surface area contributed by atoms with E-state index in [4.69, 9.17) is 4.74 Å². The van der Waals surface area contributed by atoms with Crippen molar-refractivity contribution in [1.82, 2.24) is 15.2 Å². The molecule has 130 valence electrons. The molecular weight excluding hydrogens is 403 g/mol. The van der Waals surface area contributed by atoms with Gasteiger partial charge in [-0.3, -0.25) is 4.98 Å². The summed E-state index contributed by atoms with van der Waals surface area (Å²) in [6, 6.07) is 6.04. The number of hydrogen-bond acceptors (Lipinski definition) is 3. The average molecular weight is 432 g/mol. The quantitative estimate of drug-likeness (QED) is 0.297. The summed E-state index contributed by atoms with van der Waals surface area (Å²) in [5.74, 6) is 1.72. The van der Waals surface area contributed by atoms with Crippen molar-refractivity contribution in [2.75, 3.05) is 33.4 Å². The first-order valence-electron chi connectivity index (χ1n) is 8.18. The number of likely N-dealkylation sites (N-methyl/N-ethyl adjacent to an activating group) is 1. The SMILES string of the molecule is CCNC(=NCc1cccc(C)n1)N(C)CCOCC1CC1.I. The predicted octanol–water partition coefficient (Wildman–Crippen LogP) is 2.83. The van der Waals surface area contributed by atoms with Gasteiger partial charge in [-0.1, -0.05) is 6.07 Å². The van der Waals surface area contributed by atoms with Gasteiger partial charge < -0.3 is 15.0 Å². The van der Waals surface area contributed by atoms with Gasteiger partial charge in [-0.25, -0.2) is 4.99 Å². The Kier molecular flexibility index (Phi) is 9.47. The molecule has 0 bridgehead atoms. The monoisotopic (exact) mass is 432 g/mol. The van der Waals surface area contributed by atoms with Crippen LogP contribution in [-0.2, 0) is 11.3 Å². The molecule has 0 aromatic carbocycles. The lowest BCUT2D eigenvalue weighted by atomic mass is 10.3. The fourth-order valence-corrected chi connectivity index (χ4v) is 2.16. The van der Waals surface area contributed by atoms with Gasteiger partial charge in [-0.15, -0.1) is 24.0 Å². The van der Waals surface area contributed by atoms with E-state index < -0.39 is 0 Å². The predicted molar refractivity (Wildman–Crippen MR) is 105 cm³/mol. The highest BCUT2D eigenvalue weighted by Crippen LogP contribution is 2.28. The number of pyridine rings is 1. The molecule has 2 rings (SSSR count). The summed E-state index contributed by atoms with van der Waals surface area (Å²) in [4.78, 5) is 11.3. The zero-order valence-electron chi connectivity index (χ0n) is 14.4. The summed E-state index contributed by atoms with van der Waals surface area (Å²) in [6.45, 7) is 8.04. The van der Waals surface area contributed by atoms with Crippen LogP contribution in [0.25, 0.3) is 0 Å². The van der Waals surface area contributed by atoms with Crippen LogP contribution in [0.2, 0.25) is 0 Å². The molecule has 1 aliphatic carbocycles. The minimum atomic E-state index is 0. The van der Waals surface area contributed by atoms with Crippen LogP contribution in [-0.4, -0.2) is 49.2 Å². The van der Waals surface area contributed by atoms with Gasteiger partial charge in [0.15, 0.2) is 5.96 Å². The van der Waals surface area contributed by atoms with Gasteiger partial charge in [0.1, 0.15) is 0 Å². The number of ether oxygens (including phenoxy) is 1. The number of halogens is 1. The van der Waals surface area contributed by atoms with Crippen LogP contribution < -0.4 is 5.32 Å². The van der Waals surface area contributed by atoms with Crippen molar-refractivity contribution in [3.8, 4) is 0 Å². The molecule has 1 aromatic heterocycles. The first-order valence-corrected chi connectivity index (χ1v) is 8.18. The molecule has 1 aliphatic rings. The van der Waals surface area contributed by atoms with E-state index in [1.807, 2.05) is 32.2 Å². The normalized spacial score (nSPS) is 14.3. The molecule has 0 radical (unpaired) electrons. The van der Waals surface area contributed by atoms with Crippen LogP contribution in [0.1, 0.15) is 31.2 Å². The maximum Gasteiger partial charge on any atom is 0.194 e. The highest BCUT2D eigenvalue weighted by molar-refractivity contribution is 14.0. The Bertz CT molecular complexity index is 491. The van der Waals surface area contributed by atoms with Gasteiger partial charge in [0.2, 0.25) is 0 Å². The van der Waals surface area contributed by atoms with Crippen LogP contribution in [0.15, 0.2) is 23.2 Å².